The van der Waals surface area contributed by atoms with Crippen LogP contribution in [0.25, 0.3) is 10.9 Å². The molecule has 1 aliphatic heterocycles. The van der Waals surface area contributed by atoms with Gasteiger partial charge in [0.25, 0.3) is 5.91 Å². The van der Waals surface area contributed by atoms with Gasteiger partial charge in [0.15, 0.2) is 0 Å². The Bertz CT molecular complexity index is 1160. The molecule has 0 radical (unpaired) electrons. The van der Waals surface area contributed by atoms with Gasteiger partial charge < -0.3 is 15.0 Å². The third-order valence-electron chi connectivity index (χ3n) is 5.84. The number of hydrogen-bond acceptors (Lipinski definition) is 4. The second kappa shape index (κ2) is 9.22. The van der Waals surface area contributed by atoms with Gasteiger partial charge in [-0.1, -0.05) is 29.8 Å². The number of primary amides is 1. The average molecular weight is 440 g/mol. The molecule has 0 saturated carbocycles. The number of benzene rings is 2. The Balaban J connectivity index is 1.76. The Morgan fingerprint density at radius 3 is 2.58 bits per heavy atom. The predicted octanol–water partition coefficient (Wildman–Crippen LogP) is 3.10. The van der Waals surface area contributed by atoms with E-state index >= 15 is 0 Å². The van der Waals surface area contributed by atoms with E-state index in [1.165, 1.54) is 0 Å². The quantitative estimate of drug-likeness (QED) is 0.662. The molecule has 2 aromatic carbocycles. The van der Waals surface area contributed by atoms with Gasteiger partial charge in [-0.2, -0.15) is 0 Å². The van der Waals surface area contributed by atoms with Crippen LogP contribution in [0, 0.1) is 0 Å². The highest BCUT2D eigenvalue weighted by Gasteiger charge is 2.20. The van der Waals surface area contributed by atoms with Crippen molar-refractivity contribution in [3.05, 3.63) is 80.1 Å². The van der Waals surface area contributed by atoms with E-state index in [4.69, 9.17) is 22.1 Å². The number of rotatable bonds is 5. The molecule has 0 unspecified atom stereocenters. The number of halogens is 1. The number of nitrogens with two attached hydrogens (primary N) is 1. The van der Waals surface area contributed by atoms with Gasteiger partial charge in [0.2, 0.25) is 5.43 Å². The summed E-state index contributed by atoms with van der Waals surface area (Å²) in [7, 11) is 1.87. The van der Waals surface area contributed by atoms with Crippen LogP contribution in [0.4, 0.5) is 0 Å². The minimum absolute atomic E-state index is 0.0465. The SMILES string of the molecule is Cn1c(Cc2ccc(Cl)cc2)c(C(N)=O)c(=O)c2cc(CN3CCCOCC3)ccc21. The Kier molecular flexibility index (Phi) is 6.41. The van der Waals surface area contributed by atoms with Crippen molar-refractivity contribution in [3.63, 3.8) is 0 Å². The number of pyridine rings is 1. The third kappa shape index (κ3) is 4.66. The van der Waals surface area contributed by atoms with E-state index in [1.807, 2.05) is 41.9 Å². The Labute approximate surface area is 186 Å². The van der Waals surface area contributed by atoms with Gasteiger partial charge in [0, 0.05) is 55.8 Å². The van der Waals surface area contributed by atoms with Gasteiger partial charge in [-0.25, -0.2) is 0 Å². The molecule has 7 heteroatoms. The van der Waals surface area contributed by atoms with Crippen molar-refractivity contribution in [1.29, 1.82) is 0 Å². The molecular formula is C24H26ClN3O3. The van der Waals surface area contributed by atoms with Crippen molar-refractivity contribution < 1.29 is 9.53 Å². The van der Waals surface area contributed by atoms with E-state index in [9.17, 15) is 9.59 Å². The number of amides is 1. The Morgan fingerprint density at radius 1 is 1.10 bits per heavy atom. The molecule has 1 aliphatic rings. The molecule has 0 spiro atoms. The predicted molar refractivity (Wildman–Crippen MR) is 123 cm³/mol. The molecule has 162 valence electrons. The number of fused-ring (bicyclic) bond motifs is 1. The minimum atomic E-state index is -0.707. The van der Waals surface area contributed by atoms with Gasteiger partial charge >= 0.3 is 0 Å². The van der Waals surface area contributed by atoms with Crippen LogP contribution < -0.4 is 11.2 Å². The van der Waals surface area contributed by atoms with Crippen molar-refractivity contribution in [2.45, 2.75) is 19.4 Å². The number of ether oxygens (including phenoxy) is 1. The molecular weight excluding hydrogens is 414 g/mol. The van der Waals surface area contributed by atoms with Gasteiger partial charge in [0.05, 0.1) is 12.1 Å². The maximum absolute atomic E-state index is 13.3. The summed E-state index contributed by atoms with van der Waals surface area (Å²) in [5, 5.41) is 1.15. The summed E-state index contributed by atoms with van der Waals surface area (Å²) < 4.78 is 7.42. The van der Waals surface area contributed by atoms with Crippen LogP contribution in [0.15, 0.2) is 47.3 Å². The van der Waals surface area contributed by atoms with Crippen LogP contribution in [-0.4, -0.2) is 41.7 Å². The first-order chi connectivity index (χ1) is 14.9. The monoisotopic (exact) mass is 439 g/mol. The number of carbonyl (C=O) groups is 1. The lowest BCUT2D eigenvalue weighted by molar-refractivity contribution is 0.0998. The molecule has 6 nitrogen and oxygen atoms in total. The highest BCUT2D eigenvalue weighted by Crippen LogP contribution is 2.21. The van der Waals surface area contributed by atoms with Crippen molar-refractivity contribution in [3.8, 4) is 0 Å². The lowest BCUT2D eigenvalue weighted by Crippen LogP contribution is -2.28. The van der Waals surface area contributed by atoms with E-state index in [1.54, 1.807) is 12.1 Å². The van der Waals surface area contributed by atoms with E-state index in [0.717, 1.165) is 55.9 Å². The standard InChI is InChI=1S/C24H26ClN3O3/c1-27-20-8-5-17(15-28-9-2-11-31-12-10-28)13-19(20)23(29)22(24(26)30)21(27)14-16-3-6-18(25)7-4-16/h3-8,13H,2,9-12,14-15H2,1H3,(H2,26,30). The molecule has 1 aromatic heterocycles. The molecule has 1 fully saturated rings. The highest BCUT2D eigenvalue weighted by atomic mass is 35.5. The summed E-state index contributed by atoms with van der Waals surface area (Å²) in [6.45, 7) is 4.06. The first-order valence-corrected chi connectivity index (χ1v) is 10.8. The molecule has 2 heterocycles. The van der Waals surface area contributed by atoms with Crippen LogP contribution >= 0.6 is 11.6 Å². The van der Waals surface area contributed by atoms with Crippen molar-refractivity contribution >= 4 is 28.4 Å². The first-order valence-electron chi connectivity index (χ1n) is 10.4. The van der Waals surface area contributed by atoms with Gasteiger partial charge in [0.1, 0.15) is 5.56 Å². The lowest BCUT2D eigenvalue weighted by atomic mass is 10.00. The number of aryl methyl sites for hydroxylation is 1. The summed E-state index contributed by atoms with van der Waals surface area (Å²) in [5.41, 5.74) is 8.76. The van der Waals surface area contributed by atoms with Crippen LogP contribution in [0.1, 0.15) is 33.6 Å². The average Bonchev–Trinajstić information content (AvgIpc) is 3.02. The maximum Gasteiger partial charge on any atom is 0.254 e. The van der Waals surface area contributed by atoms with E-state index in [2.05, 4.69) is 4.90 Å². The molecule has 0 aliphatic carbocycles. The second-order valence-electron chi connectivity index (χ2n) is 7.97. The van der Waals surface area contributed by atoms with Crippen LogP contribution in [0.3, 0.4) is 0 Å². The summed E-state index contributed by atoms with van der Waals surface area (Å²) in [4.78, 5) is 27.9. The number of nitrogens with zero attached hydrogens (tertiary/aromatic N) is 2. The highest BCUT2D eigenvalue weighted by molar-refractivity contribution is 6.30. The van der Waals surface area contributed by atoms with Gasteiger partial charge in [-0.05, 0) is 41.8 Å². The fraction of sp³-hybridized carbons (Fsp3) is 0.333. The molecule has 3 aromatic rings. The summed E-state index contributed by atoms with van der Waals surface area (Å²) in [6, 6.07) is 13.2. The molecule has 0 bridgehead atoms. The van der Waals surface area contributed by atoms with Crippen LogP contribution in [0.5, 0.6) is 0 Å². The molecule has 1 amide bonds. The number of aromatic nitrogens is 1. The van der Waals surface area contributed by atoms with Crippen LogP contribution in [-0.2, 0) is 24.8 Å². The lowest BCUT2D eigenvalue weighted by Gasteiger charge is -2.20. The second-order valence-corrected chi connectivity index (χ2v) is 8.41. The number of carbonyl (C=O) groups excluding carboxylic acids is 1. The summed E-state index contributed by atoms with van der Waals surface area (Å²) in [5.74, 6) is -0.707. The zero-order valence-corrected chi connectivity index (χ0v) is 18.3. The molecule has 4 rings (SSSR count). The summed E-state index contributed by atoms with van der Waals surface area (Å²) >= 11 is 5.98. The summed E-state index contributed by atoms with van der Waals surface area (Å²) in [6.07, 6.45) is 1.40. The number of hydrogen-bond donors (Lipinski definition) is 1. The van der Waals surface area contributed by atoms with Crippen molar-refractivity contribution in [1.82, 2.24) is 9.47 Å². The van der Waals surface area contributed by atoms with Crippen molar-refractivity contribution in [2.24, 2.45) is 12.8 Å². The van der Waals surface area contributed by atoms with Gasteiger partial charge in [-0.3, -0.25) is 14.5 Å². The Morgan fingerprint density at radius 2 is 1.84 bits per heavy atom. The first kappa shape index (κ1) is 21.6. The maximum atomic E-state index is 13.3. The smallest absolute Gasteiger partial charge is 0.254 e. The molecule has 0 atom stereocenters. The van der Waals surface area contributed by atoms with Crippen molar-refractivity contribution in [2.75, 3.05) is 26.3 Å². The van der Waals surface area contributed by atoms with E-state index in [0.29, 0.717) is 22.5 Å². The Hall–Kier alpha value is -2.67. The largest absolute Gasteiger partial charge is 0.380 e. The molecule has 31 heavy (non-hydrogen) atoms. The minimum Gasteiger partial charge on any atom is -0.380 e. The van der Waals surface area contributed by atoms with E-state index in [-0.39, 0.29) is 11.0 Å². The normalized spacial score (nSPS) is 15.2. The molecule has 2 N–H and O–H groups in total. The van der Waals surface area contributed by atoms with Crippen LogP contribution in [0.2, 0.25) is 5.02 Å². The third-order valence-corrected chi connectivity index (χ3v) is 6.09. The fourth-order valence-electron chi connectivity index (χ4n) is 4.21. The van der Waals surface area contributed by atoms with E-state index < -0.39 is 5.91 Å². The van der Waals surface area contributed by atoms with Gasteiger partial charge in [-0.15, -0.1) is 0 Å². The molecule has 1 saturated heterocycles. The topological polar surface area (TPSA) is 77.6 Å². The zero-order chi connectivity index (χ0) is 22.0. The fourth-order valence-corrected chi connectivity index (χ4v) is 4.33. The zero-order valence-electron chi connectivity index (χ0n) is 17.6.